The minimum atomic E-state index is 0.804. The second-order valence-electron chi connectivity index (χ2n) is 3.73. The van der Waals surface area contributed by atoms with Gasteiger partial charge in [-0.05, 0) is 42.8 Å². The van der Waals surface area contributed by atoms with E-state index >= 15 is 0 Å². The van der Waals surface area contributed by atoms with Crippen LogP contribution in [0.3, 0.4) is 0 Å². The Hall–Kier alpha value is -1.90. The van der Waals surface area contributed by atoms with Crippen molar-refractivity contribution < 1.29 is 4.74 Å². The number of nitrogens with one attached hydrogen (secondary N) is 2. The molecule has 0 saturated heterocycles. The molecule has 0 amide bonds. The molecule has 3 heteroatoms. The smallest absolute Gasteiger partial charge is 0.121 e. The molecule has 84 valence electrons. The number of ether oxygens (including phenoxy) is 1. The summed E-state index contributed by atoms with van der Waals surface area (Å²) in [6.45, 7) is 2.84. The highest BCUT2D eigenvalue weighted by Crippen LogP contribution is 2.21. The van der Waals surface area contributed by atoms with E-state index in [0.29, 0.717) is 0 Å². The summed E-state index contributed by atoms with van der Waals surface area (Å²) < 4.78 is 5.22. The molecule has 2 aromatic rings. The van der Waals surface area contributed by atoms with Crippen molar-refractivity contribution in [2.75, 3.05) is 12.4 Å². The van der Waals surface area contributed by atoms with Crippen LogP contribution in [0.4, 0.5) is 5.69 Å². The van der Waals surface area contributed by atoms with Gasteiger partial charge in [-0.1, -0.05) is 0 Å². The van der Waals surface area contributed by atoms with Crippen LogP contribution in [0.5, 0.6) is 5.75 Å². The van der Waals surface area contributed by atoms with Gasteiger partial charge in [0.2, 0.25) is 0 Å². The summed E-state index contributed by atoms with van der Waals surface area (Å²) in [7, 11) is 1.69. The minimum absolute atomic E-state index is 0.804. The Morgan fingerprint density at radius 1 is 1.31 bits per heavy atom. The zero-order chi connectivity index (χ0) is 11.4. The first-order valence-electron chi connectivity index (χ1n) is 5.30. The van der Waals surface area contributed by atoms with Gasteiger partial charge in [0.05, 0.1) is 13.7 Å². The third kappa shape index (κ3) is 2.37. The van der Waals surface area contributed by atoms with E-state index in [1.165, 1.54) is 5.69 Å². The number of anilines is 1. The number of benzene rings is 1. The molecule has 0 spiro atoms. The molecule has 1 aromatic carbocycles. The molecule has 3 nitrogen and oxygen atoms in total. The third-order valence-electron chi connectivity index (χ3n) is 2.54. The van der Waals surface area contributed by atoms with Crippen molar-refractivity contribution in [1.29, 1.82) is 0 Å². The Bertz CT molecular complexity index is 449. The maximum Gasteiger partial charge on any atom is 0.121 e. The summed E-state index contributed by atoms with van der Waals surface area (Å²) in [5.41, 5.74) is 3.42. The van der Waals surface area contributed by atoms with Gasteiger partial charge in [0.1, 0.15) is 5.75 Å². The van der Waals surface area contributed by atoms with Crippen molar-refractivity contribution in [3.8, 4) is 5.75 Å². The Morgan fingerprint density at radius 2 is 2.19 bits per heavy atom. The van der Waals surface area contributed by atoms with E-state index in [1.807, 2.05) is 31.3 Å². The summed E-state index contributed by atoms with van der Waals surface area (Å²) in [4.78, 5) is 3.16. The second kappa shape index (κ2) is 4.75. The monoisotopic (exact) mass is 216 g/mol. The lowest BCUT2D eigenvalue weighted by Gasteiger charge is -2.09. The number of aromatic amines is 1. The molecule has 0 aliphatic heterocycles. The van der Waals surface area contributed by atoms with E-state index in [9.17, 15) is 0 Å². The molecule has 16 heavy (non-hydrogen) atoms. The van der Waals surface area contributed by atoms with Crippen molar-refractivity contribution in [2.24, 2.45) is 0 Å². The molecule has 0 aliphatic carbocycles. The average Bonchev–Trinajstić information content (AvgIpc) is 2.79. The summed E-state index contributed by atoms with van der Waals surface area (Å²) in [6, 6.07) is 10.1. The van der Waals surface area contributed by atoms with E-state index in [-0.39, 0.29) is 0 Å². The number of H-pyrrole nitrogens is 1. The first kappa shape index (κ1) is 10.6. The molecule has 2 rings (SSSR count). The summed E-state index contributed by atoms with van der Waals surface area (Å²) in [5, 5.41) is 3.35. The van der Waals surface area contributed by atoms with Gasteiger partial charge >= 0.3 is 0 Å². The van der Waals surface area contributed by atoms with Gasteiger partial charge in [0, 0.05) is 17.6 Å². The zero-order valence-corrected chi connectivity index (χ0v) is 9.58. The molecule has 0 aliphatic rings. The summed E-state index contributed by atoms with van der Waals surface area (Å²) in [6.07, 6.45) is 1.93. The molecule has 2 N–H and O–H groups in total. The summed E-state index contributed by atoms with van der Waals surface area (Å²) in [5.74, 6) is 0.922. The highest BCUT2D eigenvalue weighted by Gasteiger charge is 1.99. The van der Waals surface area contributed by atoms with Crippen LogP contribution in [-0.4, -0.2) is 12.1 Å². The van der Waals surface area contributed by atoms with E-state index in [4.69, 9.17) is 4.74 Å². The Morgan fingerprint density at radius 3 is 2.81 bits per heavy atom. The fourth-order valence-corrected chi connectivity index (χ4v) is 1.66. The maximum absolute atomic E-state index is 5.22. The largest absolute Gasteiger partial charge is 0.496 e. The van der Waals surface area contributed by atoms with Gasteiger partial charge in [-0.2, -0.15) is 0 Å². The van der Waals surface area contributed by atoms with Crippen molar-refractivity contribution >= 4 is 5.69 Å². The van der Waals surface area contributed by atoms with E-state index in [2.05, 4.69) is 22.4 Å². The molecule has 0 radical (unpaired) electrons. The number of hydrogen-bond acceptors (Lipinski definition) is 2. The highest BCUT2D eigenvalue weighted by atomic mass is 16.5. The quantitative estimate of drug-likeness (QED) is 0.824. The van der Waals surface area contributed by atoms with E-state index in [1.54, 1.807) is 7.11 Å². The lowest BCUT2D eigenvalue weighted by molar-refractivity contribution is 0.412. The van der Waals surface area contributed by atoms with Gasteiger partial charge in [0.25, 0.3) is 0 Å². The first-order valence-corrected chi connectivity index (χ1v) is 5.30. The standard InChI is InChI=1S/C13H16N2O/c1-10-8-11(5-6-13(10)16-2)15-9-12-4-3-7-14-12/h3-8,14-15H,9H2,1-2H3. The van der Waals surface area contributed by atoms with Crippen LogP contribution in [0.1, 0.15) is 11.3 Å². The van der Waals surface area contributed by atoms with Crippen LogP contribution < -0.4 is 10.1 Å². The Labute approximate surface area is 95.5 Å². The van der Waals surface area contributed by atoms with Crippen LogP contribution in [0.25, 0.3) is 0 Å². The third-order valence-corrected chi connectivity index (χ3v) is 2.54. The summed E-state index contributed by atoms with van der Waals surface area (Å²) >= 11 is 0. The van der Waals surface area contributed by atoms with Gasteiger partial charge in [-0.15, -0.1) is 0 Å². The number of rotatable bonds is 4. The topological polar surface area (TPSA) is 37.0 Å². The van der Waals surface area contributed by atoms with Crippen LogP contribution in [-0.2, 0) is 6.54 Å². The SMILES string of the molecule is COc1ccc(NCc2ccc[nH]2)cc1C. The molecule has 1 aromatic heterocycles. The number of aromatic nitrogens is 1. The molecule has 0 unspecified atom stereocenters. The number of methoxy groups -OCH3 is 1. The van der Waals surface area contributed by atoms with Crippen LogP contribution in [0.15, 0.2) is 36.5 Å². The van der Waals surface area contributed by atoms with Gasteiger partial charge in [-0.3, -0.25) is 0 Å². The van der Waals surface area contributed by atoms with Crippen LogP contribution in [0, 0.1) is 6.92 Å². The second-order valence-corrected chi connectivity index (χ2v) is 3.73. The highest BCUT2D eigenvalue weighted by molar-refractivity contribution is 5.50. The fraction of sp³-hybridized carbons (Fsp3) is 0.231. The molecule has 0 atom stereocenters. The van der Waals surface area contributed by atoms with Crippen molar-refractivity contribution in [3.63, 3.8) is 0 Å². The molecule has 0 bridgehead atoms. The van der Waals surface area contributed by atoms with Gasteiger partial charge in [-0.25, -0.2) is 0 Å². The Kier molecular flexibility index (Phi) is 3.15. The lowest BCUT2D eigenvalue weighted by atomic mass is 10.2. The molecular weight excluding hydrogens is 200 g/mol. The van der Waals surface area contributed by atoms with Gasteiger partial charge in [0.15, 0.2) is 0 Å². The lowest BCUT2D eigenvalue weighted by Crippen LogP contribution is -2.00. The zero-order valence-electron chi connectivity index (χ0n) is 9.58. The van der Waals surface area contributed by atoms with Gasteiger partial charge < -0.3 is 15.0 Å². The fourth-order valence-electron chi connectivity index (χ4n) is 1.66. The number of hydrogen-bond donors (Lipinski definition) is 2. The van der Waals surface area contributed by atoms with Crippen LogP contribution in [0.2, 0.25) is 0 Å². The molecule has 0 fully saturated rings. The van der Waals surface area contributed by atoms with E-state index in [0.717, 1.165) is 23.5 Å². The average molecular weight is 216 g/mol. The Balaban J connectivity index is 2.02. The van der Waals surface area contributed by atoms with Crippen molar-refractivity contribution in [1.82, 2.24) is 4.98 Å². The molecular formula is C13H16N2O. The van der Waals surface area contributed by atoms with Crippen LogP contribution >= 0.6 is 0 Å². The molecule has 1 heterocycles. The minimum Gasteiger partial charge on any atom is -0.496 e. The van der Waals surface area contributed by atoms with Crippen molar-refractivity contribution in [3.05, 3.63) is 47.8 Å². The normalized spacial score (nSPS) is 10.1. The predicted molar refractivity (Wildman–Crippen MR) is 65.9 cm³/mol. The van der Waals surface area contributed by atoms with E-state index < -0.39 is 0 Å². The first-order chi connectivity index (χ1) is 7.79. The maximum atomic E-state index is 5.22. The van der Waals surface area contributed by atoms with Crippen molar-refractivity contribution in [2.45, 2.75) is 13.5 Å². The number of aryl methyl sites for hydroxylation is 1. The molecule has 0 saturated carbocycles. The predicted octanol–water partition coefficient (Wildman–Crippen LogP) is 2.94.